The maximum absolute atomic E-state index is 9.55. The van der Waals surface area contributed by atoms with Crippen molar-refractivity contribution in [2.24, 2.45) is 0 Å². The molecule has 0 bridgehead atoms. The highest BCUT2D eigenvalue weighted by Gasteiger charge is 2.23. The Balaban J connectivity index is 2.32. The molecule has 1 aliphatic heterocycles. The molecule has 0 aromatic rings. The van der Waals surface area contributed by atoms with Gasteiger partial charge in [-0.3, -0.25) is 4.90 Å². The molecule has 0 spiro atoms. The number of hydrogen-bond acceptors (Lipinski definition) is 5. The molecular weight excluding hydrogens is 184 g/mol. The van der Waals surface area contributed by atoms with Crippen molar-refractivity contribution in [3.05, 3.63) is 0 Å². The van der Waals surface area contributed by atoms with Crippen molar-refractivity contribution in [3.8, 4) is 0 Å². The Hall–Kier alpha value is -0.200. The van der Waals surface area contributed by atoms with Gasteiger partial charge in [0.15, 0.2) is 0 Å². The zero-order chi connectivity index (χ0) is 10.4. The Bertz CT molecular complexity index is 157. The minimum atomic E-state index is -0.466. The lowest BCUT2D eigenvalue weighted by atomic mass is 10.2. The first-order valence-electron chi connectivity index (χ1n) is 5.00. The van der Waals surface area contributed by atoms with Crippen LogP contribution in [0.2, 0.25) is 0 Å². The molecule has 1 saturated heterocycles. The molecule has 5 heteroatoms. The minimum Gasteiger partial charge on any atom is -0.395 e. The summed E-state index contributed by atoms with van der Waals surface area (Å²) in [6.45, 7) is 3.62. The summed E-state index contributed by atoms with van der Waals surface area (Å²) in [4.78, 5) is 2.10. The fourth-order valence-corrected chi connectivity index (χ4v) is 1.74. The molecule has 3 N–H and O–H groups in total. The van der Waals surface area contributed by atoms with E-state index in [2.05, 4.69) is 10.2 Å². The van der Waals surface area contributed by atoms with Crippen LogP contribution in [-0.4, -0.2) is 73.8 Å². The van der Waals surface area contributed by atoms with Crippen LogP contribution in [0.1, 0.15) is 0 Å². The second-order valence-corrected chi connectivity index (χ2v) is 3.64. The largest absolute Gasteiger partial charge is 0.395 e. The Kier molecular flexibility index (Phi) is 5.36. The molecule has 0 saturated carbocycles. The number of methoxy groups -OCH3 is 1. The van der Waals surface area contributed by atoms with Crippen molar-refractivity contribution >= 4 is 0 Å². The molecule has 1 rings (SSSR count). The van der Waals surface area contributed by atoms with Crippen molar-refractivity contribution in [1.82, 2.24) is 10.2 Å². The molecule has 2 atom stereocenters. The summed E-state index contributed by atoms with van der Waals surface area (Å²) in [7, 11) is 1.57. The van der Waals surface area contributed by atoms with Gasteiger partial charge >= 0.3 is 0 Å². The average molecular weight is 204 g/mol. The number of rotatable bonds is 5. The standard InChI is InChI=1S/C9H20N2O3/c1-14-7-9(13)5-11-3-2-10-4-8(11)6-12/h8-10,12-13H,2-7H2,1H3/t8-,9-/m0/s1. The van der Waals surface area contributed by atoms with Crippen LogP contribution < -0.4 is 5.32 Å². The Morgan fingerprint density at radius 3 is 3.07 bits per heavy atom. The second-order valence-electron chi connectivity index (χ2n) is 3.64. The van der Waals surface area contributed by atoms with Gasteiger partial charge in [-0.2, -0.15) is 0 Å². The van der Waals surface area contributed by atoms with Crippen molar-refractivity contribution < 1.29 is 14.9 Å². The van der Waals surface area contributed by atoms with E-state index < -0.39 is 6.10 Å². The van der Waals surface area contributed by atoms with Gasteiger partial charge in [-0.1, -0.05) is 0 Å². The highest BCUT2D eigenvalue weighted by Crippen LogP contribution is 2.03. The fraction of sp³-hybridized carbons (Fsp3) is 1.00. The summed E-state index contributed by atoms with van der Waals surface area (Å²) >= 11 is 0. The van der Waals surface area contributed by atoms with E-state index >= 15 is 0 Å². The Labute approximate surface area is 84.7 Å². The van der Waals surface area contributed by atoms with Crippen molar-refractivity contribution in [3.63, 3.8) is 0 Å². The summed E-state index contributed by atoms with van der Waals surface area (Å²) in [5, 5.41) is 21.9. The van der Waals surface area contributed by atoms with E-state index in [1.54, 1.807) is 7.11 Å². The lowest BCUT2D eigenvalue weighted by Crippen LogP contribution is -2.55. The van der Waals surface area contributed by atoms with Crippen molar-refractivity contribution in [1.29, 1.82) is 0 Å². The second kappa shape index (κ2) is 6.31. The van der Waals surface area contributed by atoms with Crippen LogP contribution in [0, 0.1) is 0 Å². The zero-order valence-corrected chi connectivity index (χ0v) is 8.65. The van der Waals surface area contributed by atoms with Gasteiger partial charge in [0.25, 0.3) is 0 Å². The molecule has 14 heavy (non-hydrogen) atoms. The highest BCUT2D eigenvalue weighted by molar-refractivity contribution is 4.80. The molecular formula is C9H20N2O3. The lowest BCUT2D eigenvalue weighted by molar-refractivity contribution is 0.0109. The first kappa shape index (κ1) is 11.9. The van der Waals surface area contributed by atoms with Gasteiger partial charge < -0.3 is 20.3 Å². The average Bonchev–Trinajstić information content (AvgIpc) is 2.19. The van der Waals surface area contributed by atoms with Crippen LogP contribution in [0.4, 0.5) is 0 Å². The van der Waals surface area contributed by atoms with E-state index in [9.17, 15) is 5.11 Å². The third-order valence-corrected chi connectivity index (χ3v) is 2.49. The predicted octanol–water partition coefficient (Wildman–Crippen LogP) is -1.74. The molecule has 0 radical (unpaired) electrons. The van der Waals surface area contributed by atoms with E-state index in [-0.39, 0.29) is 12.6 Å². The van der Waals surface area contributed by atoms with Crippen LogP contribution in [0.25, 0.3) is 0 Å². The summed E-state index contributed by atoms with van der Waals surface area (Å²) in [5.74, 6) is 0. The van der Waals surface area contributed by atoms with Crippen LogP contribution in [-0.2, 0) is 4.74 Å². The molecule has 84 valence electrons. The summed E-state index contributed by atoms with van der Waals surface area (Å²) in [5.41, 5.74) is 0. The van der Waals surface area contributed by atoms with Crippen LogP contribution in [0.3, 0.4) is 0 Å². The molecule has 0 aliphatic carbocycles. The van der Waals surface area contributed by atoms with Crippen LogP contribution in [0.15, 0.2) is 0 Å². The van der Waals surface area contributed by atoms with Crippen LogP contribution in [0.5, 0.6) is 0 Å². The smallest absolute Gasteiger partial charge is 0.0900 e. The van der Waals surface area contributed by atoms with E-state index in [1.807, 2.05) is 0 Å². The van der Waals surface area contributed by atoms with Gasteiger partial charge in [-0.25, -0.2) is 0 Å². The molecule has 1 aliphatic rings. The Morgan fingerprint density at radius 1 is 1.64 bits per heavy atom. The first-order valence-corrected chi connectivity index (χ1v) is 5.00. The number of aliphatic hydroxyl groups is 2. The monoisotopic (exact) mass is 204 g/mol. The highest BCUT2D eigenvalue weighted by atomic mass is 16.5. The molecule has 5 nitrogen and oxygen atoms in total. The Morgan fingerprint density at radius 2 is 2.43 bits per heavy atom. The normalized spacial score (nSPS) is 26.4. The third-order valence-electron chi connectivity index (χ3n) is 2.49. The lowest BCUT2D eigenvalue weighted by Gasteiger charge is -2.36. The number of aliphatic hydroxyl groups excluding tert-OH is 2. The molecule has 0 unspecified atom stereocenters. The minimum absolute atomic E-state index is 0.121. The summed E-state index contributed by atoms with van der Waals surface area (Å²) in [6, 6.07) is 0.121. The van der Waals surface area contributed by atoms with Gasteiger partial charge in [0.05, 0.1) is 19.3 Å². The van der Waals surface area contributed by atoms with Gasteiger partial charge in [0.1, 0.15) is 0 Å². The van der Waals surface area contributed by atoms with Crippen molar-refractivity contribution in [2.75, 3.05) is 46.5 Å². The topological polar surface area (TPSA) is 65.0 Å². The van der Waals surface area contributed by atoms with Gasteiger partial charge in [-0.05, 0) is 0 Å². The molecule has 0 aromatic carbocycles. The van der Waals surface area contributed by atoms with Gasteiger partial charge in [0, 0.05) is 39.3 Å². The molecule has 1 heterocycles. The van der Waals surface area contributed by atoms with Gasteiger partial charge in [0.2, 0.25) is 0 Å². The maximum atomic E-state index is 9.55. The van der Waals surface area contributed by atoms with E-state index in [1.165, 1.54) is 0 Å². The number of nitrogens with one attached hydrogen (secondary N) is 1. The third kappa shape index (κ3) is 3.51. The summed E-state index contributed by atoms with van der Waals surface area (Å²) < 4.78 is 4.86. The fourth-order valence-electron chi connectivity index (χ4n) is 1.74. The van der Waals surface area contributed by atoms with E-state index in [0.717, 1.165) is 19.6 Å². The quantitative estimate of drug-likeness (QED) is 0.496. The predicted molar refractivity (Wildman–Crippen MR) is 53.2 cm³/mol. The number of ether oxygens (including phenoxy) is 1. The number of hydrogen-bond donors (Lipinski definition) is 3. The number of nitrogens with zero attached hydrogens (tertiary/aromatic N) is 1. The van der Waals surface area contributed by atoms with Crippen LogP contribution >= 0.6 is 0 Å². The molecule has 1 fully saturated rings. The van der Waals surface area contributed by atoms with E-state index in [0.29, 0.717) is 13.2 Å². The molecule has 0 amide bonds. The maximum Gasteiger partial charge on any atom is 0.0900 e. The number of β-amino-alcohol motifs (C(OH)–C–C–N with tert-alkyl or cyclic N) is 1. The number of piperazine rings is 1. The van der Waals surface area contributed by atoms with Crippen molar-refractivity contribution in [2.45, 2.75) is 12.1 Å². The van der Waals surface area contributed by atoms with E-state index in [4.69, 9.17) is 9.84 Å². The SMILES string of the molecule is COC[C@@H](O)CN1CCNC[C@H]1CO. The molecule has 0 aromatic heterocycles. The zero-order valence-electron chi connectivity index (χ0n) is 8.65. The first-order chi connectivity index (χ1) is 6.77. The van der Waals surface area contributed by atoms with Gasteiger partial charge in [-0.15, -0.1) is 0 Å². The summed E-state index contributed by atoms with van der Waals surface area (Å²) in [6.07, 6.45) is -0.466.